The van der Waals surface area contributed by atoms with Crippen molar-refractivity contribution < 1.29 is 37.6 Å². The maximum Gasteiger partial charge on any atom is 0.428 e. The van der Waals surface area contributed by atoms with Crippen molar-refractivity contribution in [3.63, 3.8) is 0 Å². The van der Waals surface area contributed by atoms with E-state index >= 15 is 0 Å². The molecule has 0 saturated carbocycles. The normalized spacial score (nSPS) is 18.7. The fourth-order valence-electron chi connectivity index (χ4n) is 0.618. The topological polar surface area (TPSA) is 127 Å². The van der Waals surface area contributed by atoms with E-state index < -0.39 is 30.9 Å². The molecule has 12 heteroatoms. The molecule has 0 aliphatic carbocycles. The minimum Gasteiger partial charge on any atom is -0.389 e. The van der Waals surface area contributed by atoms with Crippen LogP contribution in [0.4, 0.5) is 0 Å². The van der Waals surface area contributed by atoms with Gasteiger partial charge in [0.05, 0.1) is 0 Å². The van der Waals surface area contributed by atoms with Crippen molar-refractivity contribution in [2.24, 2.45) is 0 Å². The maximum absolute atomic E-state index is 11.4. The van der Waals surface area contributed by atoms with Crippen LogP contribution in [0.3, 0.4) is 0 Å². The number of hydrogen-bond donors (Lipinski definition) is 2. The van der Waals surface area contributed by atoms with Gasteiger partial charge in [0.2, 0.25) is 0 Å². The highest BCUT2D eigenvalue weighted by atomic mass is 35.5. The molecule has 2 N–H and O–H groups in total. The molecule has 2 unspecified atom stereocenters. The van der Waals surface area contributed by atoms with E-state index in [0.717, 1.165) is 13.8 Å². The summed E-state index contributed by atoms with van der Waals surface area (Å²) in [6.45, 7) is 1.50. The summed E-state index contributed by atoms with van der Waals surface area (Å²) in [5.41, 5.74) is 0. The number of rotatable bonds is 4. The molecular weight excluding hydrogens is 321 g/mol. The van der Waals surface area contributed by atoms with Crippen LogP contribution in [0, 0.1) is 0 Å². The number of halogens is 2. The lowest BCUT2D eigenvalue weighted by Crippen LogP contribution is -2.20. The maximum atomic E-state index is 11.4. The van der Waals surface area contributed by atoms with Gasteiger partial charge >= 0.3 is 30.9 Å². The average molecular weight is 329 g/mol. The first kappa shape index (κ1) is 16.9. The second-order valence-electron chi connectivity index (χ2n) is 2.72. The van der Waals surface area contributed by atoms with Crippen LogP contribution in [0.25, 0.3) is 0 Å². The van der Waals surface area contributed by atoms with Gasteiger partial charge in [0.25, 0.3) is 0 Å². The van der Waals surface area contributed by atoms with Gasteiger partial charge in [-0.3, -0.25) is 9.59 Å². The number of carbonyl (C=O) groups excluding carboxylic acids is 2. The molecule has 0 aromatic carbocycles. The van der Waals surface area contributed by atoms with Crippen LogP contribution < -0.4 is 0 Å². The summed E-state index contributed by atoms with van der Waals surface area (Å²) in [6.07, 6.45) is 0. The molecule has 8 nitrogen and oxygen atoms in total. The van der Waals surface area contributed by atoms with Gasteiger partial charge in [-0.15, -0.1) is 0 Å². The quantitative estimate of drug-likeness (QED) is 0.588. The summed E-state index contributed by atoms with van der Waals surface area (Å²) in [5.74, 6) is -2.52. The fourth-order valence-corrected chi connectivity index (χ4v) is 3.47. The van der Waals surface area contributed by atoms with Crippen molar-refractivity contribution in [3.8, 4) is 0 Å². The van der Waals surface area contributed by atoms with Crippen molar-refractivity contribution >= 4 is 50.3 Å². The number of carbonyl (C=O) groups is 2. The lowest BCUT2D eigenvalue weighted by molar-refractivity contribution is -0.132. The smallest absolute Gasteiger partial charge is 0.389 e. The first-order valence-electron chi connectivity index (χ1n) is 3.77. The highest BCUT2D eigenvalue weighted by molar-refractivity contribution is 7.79. The number of hydrogen-bond acceptors (Lipinski definition) is 6. The zero-order valence-electron chi connectivity index (χ0n) is 8.49. The van der Waals surface area contributed by atoms with Gasteiger partial charge in [0.1, 0.15) is 0 Å². The van der Waals surface area contributed by atoms with Crippen molar-refractivity contribution in [1.29, 1.82) is 0 Å². The van der Waals surface area contributed by atoms with Gasteiger partial charge in [0.15, 0.2) is 0 Å². The van der Waals surface area contributed by atoms with E-state index in [2.05, 4.69) is 9.05 Å². The second-order valence-corrected chi connectivity index (χ2v) is 9.24. The highest BCUT2D eigenvalue weighted by Crippen LogP contribution is 2.77. The molecule has 0 amide bonds. The Hall–Kier alpha value is -0.100. The molecule has 17 heavy (non-hydrogen) atoms. The molecular formula is C5H8Cl2O8P2. The van der Waals surface area contributed by atoms with Crippen molar-refractivity contribution in [2.45, 2.75) is 17.7 Å². The second kappa shape index (κ2) is 5.26. The monoisotopic (exact) mass is 328 g/mol. The predicted molar refractivity (Wildman–Crippen MR) is 57.6 cm³/mol. The Morgan fingerprint density at radius 1 is 1.00 bits per heavy atom. The summed E-state index contributed by atoms with van der Waals surface area (Å²) in [7, 11) is -10.5. The van der Waals surface area contributed by atoms with Crippen molar-refractivity contribution in [1.82, 2.24) is 0 Å². The van der Waals surface area contributed by atoms with Crippen molar-refractivity contribution in [2.75, 3.05) is 0 Å². The van der Waals surface area contributed by atoms with Gasteiger partial charge in [-0.05, 0) is 0 Å². The Balaban J connectivity index is 5.39. The lowest BCUT2D eigenvalue weighted by Gasteiger charge is -2.26. The van der Waals surface area contributed by atoms with E-state index in [-0.39, 0.29) is 0 Å². The third kappa shape index (κ3) is 3.95. The minimum atomic E-state index is -5.24. The summed E-state index contributed by atoms with van der Waals surface area (Å²) in [6, 6.07) is 0. The molecule has 100 valence electrons. The minimum absolute atomic E-state index is 0.751. The van der Waals surface area contributed by atoms with E-state index in [1.165, 1.54) is 0 Å². The third-order valence-electron chi connectivity index (χ3n) is 1.18. The Bertz CT molecular complexity index is 394. The zero-order chi connectivity index (χ0) is 14.1. The molecule has 0 aromatic heterocycles. The Morgan fingerprint density at radius 2 is 1.24 bits per heavy atom. The van der Waals surface area contributed by atoms with E-state index in [9.17, 15) is 28.5 Å². The van der Waals surface area contributed by atoms with Crippen LogP contribution in [0.15, 0.2) is 0 Å². The largest absolute Gasteiger partial charge is 0.428 e. The van der Waals surface area contributed by atoms with Gasteiger partial charge in [0, 0.05) is 13.8 Å². The average Bonchev–Trinajstić information content (AvgIpc) is 1.97. The highest BCUT2D eigenvalue weighted by Gasteiger charge is 2.64. The van der Waals surface area contributed by atoms with E-state index in [4.69, 9.17) is 23.2 Å². The molecule has 0 aliphatic heterocycles. The first-order chi connectivity index (χ1) is 7.33. The summed E-state index contributed by atoms with van der Waals surface area (Å²) in [4.78, 5) is 39.4. The van der Waals surface area contributed by atoms with Gasteiger partial charge < -0.3 is 18.8 Å². The Morgan fingerprint density at radius 3 is 1.41 bits per heavy atom. The van der Waals surface area contributed by atoms with Crippen LogP contribution >= 0.6 is 38.4 Å². The van der Waals surface area contributed by atoms with Gasteiger partial charge in [-0.2, -0.15) is 0 Å². The first-order valence-corrected chi connectivity index (χ1v) is 7.68. The van der Waals surface area contributed by atoms with Crippen molar-refractivity contribution in [3.05, 3.63) is 0 Å². The molecule has 0 heterocycles. The van der Waals surface area contributed by atoms with Crippen LogP contribution in [0.5, 0.6) is 0 Å². The molecule has 0 spiro atoms. The zero-order valence-corrected chi connectivity index (χ0v) is 11.8. The molecule has 0 radical (unpaired) electrons. The van der Waals surface area contributed by atoms with E-state index in [1.54, 1.807) is 0 Å². The SMILES string of the molecule is CC(=O)OP(=O)(O)C(Cl)(Cl)P(=O)(O)OC(C)=O. The molecule has 2 atom stereocenters. The third-order valence-corrected chi connectivity index (χ3v) is 7.63. The molecule has 0 aromatic rings. The molecule has 0 aliphatic rings. The predicted octanol–water partition coefficient (Wildman–Crippen LogP) is 1.57. The fraction of sp³-hybridized carbons (Fsp3) is 0.600. The van der Waals surface area contributed by atoms with Crippen LogP contribution in [0.2, 0.25) is 0 Å². The standard InChI is InChI=1S/C5H8Cl2O8P2/c1-3(8)14-16(10,11)5(6,7)17(12,13)15-4(2)9/h1-2H3,(H,10,11)(H,12,13). The lowest BCUT2D eigenvalue weighted by atomic mass is 10.9. The van der Waals surface area contributed by atoms with Gasteiger partial charge in [-0.1, -0.05) is 23.2 Å². The van der Waals surface area contributed by atoms with Crippen LogP contribution in [-0.2, 0) is 27.8 Å². The van der Waals surface area contributed by atoms with E-state index in [1.807, 2.05) is 0 Å². The van der Waals surface area contributed by atoms with Crippen LogP contribution in [0.1, 0.15) is 13.8 Å². The Kier molecular flexibility index (Phi) is 5.23. The molecule has 0 fully saturated rings. The summed E-state index contributed by atoms with van der Waals surface area (Å²) < 4.78 is 27.1. The summed E-state index contributed by atoms with van der Waals surface area (Å²) in [5, 5.41) is 0. The van der Waals surface area contributed by atoms with E-state index in [0.29, 0.717) is 0 Å². The Labute approximate surface area is 106 Å². The molecule has 0 rings (SSSR count). The molecule has 0 saturated heterocycles. The number of alkyl halides is 2. The molecule has 0 bridgehead atoms. The van der Waals surface area contributed by atoms with Crippen LogP contribution in [-0.4, -0.2) is 25.5 Å². The summed E-state index contributed by atoms with van der Waals surface area (Å²) >= 11 is 10.4. The van der Waals surface area contributed by atoms with Gasteiger partial charge in [-0.25, -0.2) is 9.13 Å².